The number of Topliss-reactive ketones (excluding diaryl/α,β-unsaturated/α-hetero) is 1. The van der Waals surface area contributed by atoms with Gasteiger partial charge in [0.25, 0.3) is 5.91 Å². The second-order valence-electron chi connectivity index (χ2n) is 6.04. The topological polar surface area (TPSA) is 55.4 Å². The molecule has 0 saturated heterocycles. The summed E-state index contributed by atoms with van der Waals surface area (Å²) in [5.41, 5.74) is 2.64. The highest BCUT2D eigenvalue weighted by molar-refractivity contribution is 6.34. The number of anilines is 1. The maximum atomic E-state index is 12.3. The van der Waals surface area contributed by atoms with Crippen molar-refractivity contribution in [3.05, 3.63) is 94.5 Å². The average molecular weight is 380 g/mol. The Morgan fingerprint density at radius 2 is 1.70 bits per heavy atom. The van der Waals surface area contributed by atoms with Crippen LogP contribution < -0.4 is 10.1 Å². The lowest BCUT2D eigenvalue weighted by molar-refractivity contribution is 0.0920. The quantitative estimate of drug-likeness (QED) is 0.601. The van der Waals surface area contributed by atoms with Crippen molar-refractivity contribution in [1.29, 1.82) is 0 Å². The molecule has 5 heteroatoms. The number of ketones is 1. The molecule has 3 rings (SSSR count). The number of ether oxygens (including phenoxy) is 1. The second kappa shape index (κ2) is 8.52. The summed E-state index contributed by atoms with van der Waals surface area (Å²) in [5.74, 6) is 0.0707. The maximum absolute atomic E-state index is 12.3. The van der Waals surface area contributed by atoms with E-state index in [9.17, 15) is 9.59 Å². The summed E-state index contributed by atoms with van der Waals surface area (Å²) in [5, 5.41) is 3.16. The molecule has 0 saturated carbocycles. The standard InChI is InChI=1S/C22H18ClNO3/c1-15-9-11-16(12-10-15)21(25)14-27-18-6-4-5-17(13-18)24-22(26)19-7-2-3-8-20(19)23/h2-13H,14H2,1H3,(H,24,26). The number of amides is 1. The van der Waals surface area contributed by atoms with E-state index in [1.54, 1.807) is 60.7 Å². The van der Waals surface area contributed by atoms with E-state index in [1.807, 2.05) is 19.1 Å². The van der Waals surface area contributed by atoms with E-state index in [2.05, 4.69) is 5.32 Å². The van der Waals surface area contributed by atoms with Crippen LogP contribution in [0.4, 0.5) is 5.69 Å². The summed E-state index contributed by atoms with van der Waals surface area (Å²) in [6.45, 7) is 1.89. The predicted molar refractivity (Wildman–Crippen MR) is 107 cm³/mol. The summed E-state index contributed by atoms with van der Waals surface area (Å²) in [4.78, 5) is 24.5. The Balaban J connectivity index is 1.63. The van der Waals surface area contributed by atoms with Gasteiger partial charge in [0.2, 0.25) is 0 Å². The molecule has 0 fully saturated rings. The van der Waals surface area contributed by atoms with Crippen LogP contribution in [0.2, 0.25) is 5.02 Å². The van der Waals surface area contributed by atoms with Crippen LogP contribution in [0.25, 0.3) is 0 Å². The smallest absolute Gasteiger partial charge is 0.257 e. The lowest BCUT2D eigenvalue weighted by Crippen LogP contribution is -2.13. The molecule has 1 N–H and O–H groups in total. The molecular formula is C22H18ClNO3. The Morgan fingerprint density at radius 1 is 0.963 bits per heavy atom. The van der Waals surface area contributed by atoms with Gasteiger partial charge < -0.3 is 10.1 Å². The van der Waals surface area contributed by atoms with Crippen LogP contribution in [0.1, 0.15) is 26.3 Å². The summed E-state index contributed by atoms with van der Waals surface area (Å²) >= 11 is 6.05. The van der Waals surface area contributed by atoms with Gasteiger partial charge in [-0.05, 0) is 31.2 Å². The third-order valence-corrected chi connectivity index (χ3v) is 4.28. The SMILES string of the molecule is Cc1ccc(C(=O)COc2cccc(NC(=O)c3ccccc3Cl)c2)cc1. The first-order valence-corrected chi connectivity index (χ1v) is 8.79. The first-order valence-electron chi connectivity index (χ1n) is 8.41. The van der Waals surface area contributed by atoms with E-state index in [1.165, 1.54) is 0 Å². The fourth-order valence-corrected chi connectivity index (χ4v) is 2.70. The third-order valence-electron chi connectivity index (χ3n) is 3.95. The molecule has 0 aromatic heterocycles. The normalized spacial score (nSPS) is 10.3. The molecule has 0 heterocycles. The molecule has 3 aromatic rings. The summed E-state index contributed by atoms with van der Waals surface area (Å²) < 4.78 is 5.58. The van der Waals surface area contributed by atoms with Gasteiger partial charge in [-0.3, -0.25) is 9.59 Å². The first-order chi connectivity index (χ1) is 13.0. The zero-order valence-corrected chi connectivity index (χ0v) is 15.5. The lowest BCUT2D eigenvalue weighted by Gasteiger charge is -2.10. The van der Waals surface area contributed by atoms with Gasteiger partial charge in [-0.2, -0.15) is 0 Å². The lowest BCUT2D eigenvalue weighted by atomic mass is 10.1. The molecule has 3 aromatic carbocycles. The van der Waals surface area contributed by atoms with Crippen molar-refractivity contribution in [2.45, 2.75) is 6.92 Å². The van der Waals surface area contributed by atoms with Crippen molar-refractivity contribution in [2.24, 2.45) is 0 Å². The van der Waals surface area contributed by atoms with Gasteiger partial charge >= 0.3 is 0 Å². The number of benzene rings is 3. The Kier molecular flexibility index (Phi) is 5.89. The molecule has 1 amide bonds. The molecule has 0 aliphatic carbocycles. The molecule has 0 unspecified atom stereocenters. The Bertz CT molecular complexity index is 967. The summed E-state index contributed by atoms with van der Waals surface area (Å²) in [7, 11) is 0. The van der Waals surface area contributed by atoms with Crippen LogP contribution in [0.15, 0.2) is 72.8 Å². The van der Waals surface area contributed by atoms with Gasteiger partial charge in [0.1, 0.15) is 5.75 Å². The molecule has 0 spiro atoms. The number of carbonyl (C=O) groups is 2. The minimum atomic E-state index is -0.312. The monoisotopic (exact) mass is 379 g/mol. The molecule has 136 valence electrons. The van der Waals surface area contributed by atoms with E-state index in [0.29, 0.717) is 27.6 Å². The Hall–Kier alpha value is -3.11. The second-order valence-corrected chi connectivity index (χ2v) is 6.45. The molecule has 4 nitrogen and oxygen atoms in total. The fourth-order valence-electron chi connectivity index (χ4n) is 2.48. The number of aryl methyl sites for hydroxylation is 1. The minimum Gasteiger partial charge on any atom is -0.485 e. The van der Waals surface area contributed by atoms with E-state index in [0.717, 1.165) is 5.56 Å². The Morgan fingerprint density at radius 3 is 2.44 bits per heavy atom. The van der Waals surface area contributed by atoms with Crippen LogP contribution in [0.3, 0.4) is 0 Å². The number of hydrogen-bond acceptors (Lipinski definition) is 3. The number of rotatable bonds is 6. The first kappa shape index (κ1) is 18.7. The van der Waals surface area contributed by atoms with Crippen molar-refractivity contribution >= 4 is 29.0 Å². The number of halogens is 1. The number of carbonyl (C=O) groups excluding carboxylic acids is 2. The van der Waals surface area contributed by atoms with Gasteiger partial charge in [-0.1, -0.05) is 59.6 Å². The van der Waals surface area contributed by atoms with Gasteiger partial charge in [0.15, 0.2) is 12.4 Å². The van der Waals surface area contributed by atoms with Crippen molar-refractivity contribution in [3.63, 3.8) is 0 Å². The van der Waals surface area contributed by atoms with Crippen LogP contribution in [0.5, 0.6) is 5.75 Å². The highest BCUT2D eigenvalue weighted by Gasteiger charge is 2.11. The van der Waals surface area contributed by atoms with Crippen LogP contribution in [-0.4, -0.2) is 18.3 Å². The van der Waals surface area contributed by atoms with Crippen molar-refractivity contribution in [3.8, 4) is 5.75 Å². The van der Waals surface area contributed by atoms with E-state index < -0.39 is 0 Å². The maximum Gasteiger partial charge on any atom is 0.257 e. The van der Waals surface area contributed by atoms with Crippen LogP contribution in [-0.2, 0) is 0 Å². The highest BCUT2D eigenvalue weighted by atomic mass is 35.5. The molecular weight excluding hydrogens is 362 g/mol. The fraction of sp³-hybridized carbons (Fsp3) is 0.0909. The van der Waals surface area contributed by atoms with Gasteiger partial charge in [0, 0.05) is 17.3 Å². The zero-order valence-electron chi connectivity index (χ0n) is 14.7. The summed E-state index contributed by atoms with van der Waals surface area (Å²) in [6, 6.07) is 21.0. The molecule has 0 aliphatic rings. The largest absolute Gasteiger partial charge is 0.485 e. The summed E-state index contributed by atoms with van der Waals surface area (Å²) in [6.07, 6.45) is 0. The number of nitrogens with one attached hydrogen (secondary N) is 1. The Labute approximate surface area is 162 Å². The minimum absolute atomic E-state index is 0.0784. The van der Waals surface area contributed by atoms with Gasteiger partial charge in [-0.25, -0.2) is 0 Å². The predicted octanol–water partition coefficient (Wildman–Crippen LogP) is 5.16. The van der Waals surface area contributed by atoms with Crippen molar-refractivity contribution < 1.29 is 14.3 Å². The van der Waals surface area contributed by atoms with Gasteiger partial charge in [0.05, 0.1) is 10.6 Å². The zero-order chi connectivity index (χ0) is 19.2. The highest BCUT2D eigenvalue weighted by Crippen LogP contribution is 2.21. The molecule has 0 bridgehead atoms. The van der Waals surface area contributed by atoms with Gasteiger partial charge in [-0.15, -0.1) is 0 Å². The van der Waals surface area contributed by atoms with Crippen molar-refractivity contribution in [2.75, 3.05) is 11.9 Å². The van der Waals surface area contributed by atoms with E-state index >= 15 is 0 Å². The average Bonchev–Trinajstić information content (AvgIpc) is 2.67. The molecule has 0 radical (unpaired) electrons. The van der Waals surface area contributed by atoms with E-state index in [-0.39, 0.29) is 18.3 Å². The van der Waals surface area contributed by atoms with Crippen LogP contribution in [0, 0.1) is 6.92 Å². The number of hydrogen-bond donors (Lipinski definition) is 1. The van der Waals surface area contributed by atoms with E-state index in [4.69, 9.17) is 16.3 Å². The third kappa shape index (κ3) is 4.96. The van der Waals surface area contributed by atoms with Crippen molar-refractivity contribution in [1.82, 2.24) is 0 Å². The molecule has 0 aliphatic heterocycles. The molecule has 27 heavy (non-hydrogen) atoms. The molecule has 0 atom stereocenters. The van der Waals surface area contributed by atoms with Crippen LogP contribution >= 0.6 is 11.6 Å².